The maximum atomic E-state index is 3.44. The Bertz CT molecular complexity index is 483. The molecule has 0 amide bonds. The Balaban J connectivity index is 2.04. The summed E-state index contributed by atoms with van der Waals surface area (Å²) < 4.78 is 0. The Morgan fingerprint density at radius 2 is 1.32 bits per heavy atom. The third-order valence-electron chi connectivity index (χ3n) is 3.54. The van der Waals surface area contributed by atoms with Crippen molar-refractivity contribution in [1.29, 1.82) is 0 Å². The van der Waals surface area contributed by atoms with Crippen LogP contribution in [0.3, 0.4) is 0 Å². The largest absolute Gasteiger partial charge is 0.316 e. The molecule has 0 saturated carbocycles. The number of likely N-dealkylation sites (N-methyl/N-ethyl adjacent to an activating group) is 1. The Morgan fingerprint density at radius 3 is 1.68 bits per heavy atom. The summed E-state index contributed by atoms with van der Waals surface area (Å²) in [7, 11) is 2.05. The highest BCUT2D eigenvalue weighted by Crippen LogP contribution is 2.12. The summed E-state index contributed by atoms with van der Waals surface area (Å²) in [4.78, 5) is 0. The highest BCUT2D eigenvalue weighted by atomic mass is 14.9. The predicted molar refractivity (Wildman–Crippen MR) is 82.6 cm³/mol. The van der Waals surface area contributed by atoms with E-state index in [-0.39, 0.29) is 0 Å². The Labute approximate surface area is 116 Å². The first kappa shape index (κ1) is 13.8. The third-order valence-corrected chi connectivity index (χ3v) is 3.54. The molecule has 1 N–H and O–H groups in total. The van der Waals surface area contributed by atoms with Gasteiger partial charge in [-0.2, -0.15) is 0 Å². The summed E-state index contributed by atoms with van der Waals surface area (Å²) in [6, 6.07) is 18.1. The molecule has 19 heavy (non-hydrogen) atoms. The summed E-state index contributed by atoms with van der Waals surface area (Å²) in [5.74, 6) is 0. The van der Waals surface area contributed by atoms with Gasteiger partial charge in [0, 0.05) is 6.04 Å². The first-order valence-electron chi connectivity index (χ1n) is 6.96. The Morgan fingerprint density at radius 1 is 0.842 bits per heavy atom. The molecule has 0 radical (unpaired) electrons. The smallest absolute Gasteiger partial charge is 0.0145 e. The van der Waals surface area contributed by atoms with Crippen LogP contribution < -0.4 is 5.32 Å². The van der Waals surface area contributed by atoms with E-state index in [0.717, 1.165) is 12.8 Å². The minimum atomic E-state index is 0.489. The zero-order chi connectivity index (χ0) is 13.7. The summed E-state index contributed by atoms with van der Waals surface area (Å²) in [5.41, 5.74) is 5.49. The molecule has 0 spiro atoms. The van der Waals surface area contributed by atoms with Crippen LogP contribution >= 0.6 is 0 Å². The van der Waals surface area contributed by atoms with Crippen molar-refractivity contribution in [1.82, 2.24) is 5.32 Å². The lowest BCUT2D eigenvalue weighted by atomic mass is 9.97. The van der Waals surface area contributed by atoms with Crippen LogP contribution in [0, 0.1) is 13.8 Å². The summed E-state index contributed by atoms with van der Waals surface area (Å²) in [5, 5.41) is 3.44. The average molecular weight is 253 g/mol. The highest BCUT2D eigenvalue weighted by molar-refractivity contribution is 5.25. The van der Waals surface area contributed by atoms with Crippen LogP contribution in [-0.2, 0) is 12.8 Å². The molecule has 100 valence electrons. The van der Waals surface area contributed by atoms with Gasteiger partial charge in [-0.15, -0.1) is 0 Å². The van der Waals surface area contributed by atoms with Gasteiger partial charge >= 0.3 is 0 Å². The van der Waals surface area contributed by atoms with Crippen molar-refractivity contribution in [3.05, 3.63) is 70.8 Å². The lowest BCUT2D eigenvalue weighted by molar-refractivity contribution is 0.556. The van der Waals surface area contributed by atoms with Gasteiger partial charge in [0.2, 0.25) is 0 Å². The molecule has 0 saturated heterocycles. The molecule has 0 aromatic heterocycles. The molecule has 2 aromatic rings. The minimum Gasteiger partial charge on any atom is -0.316 e. The first-order chi connectivity index (χ1) is 9.17. The van der Waals surface area contributed by atoms with E-state index < -0.39 is 0 Å². The van der Waals surface area contributed by atoms with Crippen LogP contribution in [0.25, 0.3) is 0 Å². The zero-order valence-electron chi connectivity index (χ0n) is 12.1. The third kappa shape index (κ3) is 4.22. The summed E-state index contributed by atoms with van der Waals surface area (Å²) >= 11 is 0. The van der Waals surface area contributed by atoms with Gasteiger partial charge in [0.05, 0.1) is 0 Å². The molecule has 0 aliphatic rings. The number of aryl methyl sites for hydroxylation is 2. The SMILES string of the molecule is CNC(Cc1cccc(C)c1)Cc1cccc(C)c1. The number of rotatable bonds is 5. The quantitative estimate of drug-likeness (QED) is 0.857. The maximum absolute atomic E-state index is 3.44. The molecule has 0 atom stereocenters. The lowest BCUT2D eigenvalue weighted by Crippen LogP contribution is -2.29. The predicted octanol–water partition coefficient (Wildman–Crippen LogP) is 3.68. The van der Waals surface area contributed by atoms with E-state index in [1.54, 1.807) is 0 Å². The van der Waals surface area contributed by atoms with Gasteiger partial charge in [-0.25, -0.2) is 0 Å². The second-order valence-electron chi connectivity index (χ2n) is 5.37. The van der Waals surface area contributed by atoms with Gasteiger partial charge in [-0.1, -0.05) is 59.7 Å². The van der Waals surface area contributed by atoms with E-state index in [1.807, 2.05) is 0 Å². The normalized spacial score (nSPS) is 10.9. The van der Waals surface area contributed by atoms with Crippen molar-refractivity contribution in [3.8, 4) is 0 Å². The van der Waals surface area contributed by atoms with Gasteiger partial charge in [-0.3, -0.25) is 0 Å². The topological polar surface area (TPSA) is 12.0 Å². The molecule has 2 rings (SSSR count). The maximum Gasteiger partial charge on any atom is 0.0145 e. The molecule has 1 heteroatoms. The number of hydrogen-bond acceptors (Lipinski definition) is 1. The summed E-state index contributed by atoms with van der Waals surface area (Å²) in [6.45, 7) is 4.30. The van der Waals surface area contributed by atoms with Crippen LogP contribution in [-0.4, -0.2) is 13.1 Å². The fourth-order valence-electron chi connectivity index (χ4n) is 2.52. The molecular formula is C18H23N. The Kier molecular flexibility index (Phi) is 4.75. The van der Waals surface area contributed by atoms with E-state index in [0.29, 0.717) is 6.04 Å². The van der Waals surface area contributed by atoms with Crippen LogP contribution in [0.1, 0.15) is 22.3 Å². The van der Waals surface area contributed by atoms with Crippen LogP contribution in [0.4, 0.5) is 0 Å². The average Bonchev–Trinajstić information content (AvgIpc) is 2.38. The van der Waals surface area contributed by atoms with Gasteiger partial charge in [0.1, 0.15) is 0 Å². The molecule has 0 aliphatic heterocycles. The van der Waals surface area contributed by atoms with Crippen LogP contribution in [0.5, 0.6) is 0 Å². The van der Waals surface area contributed by atoms with Gasteiger partial charge in [-0.05, 0) is 44.9 Å². The van der Waals surface area contributed by atoms with E-state index >= 15 is 0 Å². The second-order valence-corrected chi connectivity index (χ2v) is 5.37. The van der Waals surface area contributed by atoms with E-state index in [1.165, 1.54) is 22.3 Å². The minimum absolute atomic E-state index is 0.489. The van der Waals surface area contributed by atoms with E-state index in [4.69, 9.17) is 0 Å². The molecule has 0 heterocycles. The summed E-state index contributed by atoms with van der Waals surface area (Å²) in [6.07, 6.45) is 2.15. The standard InChI is InChI=1S/C18H23N/c1-14-6-4-8-16(10-14)12-18(19-3)13-17-9-5-7-15(2)11-17/h4-11,18-19H,12-13H2,1-3H3. The molecule has 1 nitrogen and oxygen atoms in total. The molecule has 2 aromatic carbocycles. The van der Waals surface area contributed by atoms with Crippen molar-refractivity contribution >= 4 is 0 Å². The lowest BCUT2D eigenvalue weighted by Gasteiger charge is -2.17. The van der Waals surface area contributed by atoms with Gasteiger partial charge in [0.15, 0.2) is 0 Å². The van der Waals surface area contributed by atoms with Crippen LogP contribution in [0.2, 0.25) is 0 Å². The molecule has 0 fully saturated rings. The number of nitrogens with one attached hydrogen (secondary N) is 1. The van der Waals surface area contributed by atoms with Crippen LogP contribution in [0.15, 0.2) is 48.5 Å². The zero-order valence-corrected chi connectivity index (χ0v) is 12.1. The van der Waals surface area contributed by atoms with Crippen molar-refractivity contribution in [2.24, 2.45) is 0 Å². The number of benzene rings is 2. The fraction of sp³-hybridized carbons (Fsp3) is 0.333. The van der Waals surface area contributed by atoms with Gasteiger partial charge < -0.3 is 5.32 Å². The van der Waals surface area contributed by atoms with Crippen molar-refractivity contribution in [3.63, 3.8) is 0 Å². The van der Waals surface area contributed by atoms with E-state index in [9.17, 15) is 0 Å². The first-order valence-corrected chi connectivity index (χ1v) is 6.96. The molecule has 0 unspecified atom stereocenters. The van der Waals surface area contributed by atoms with Crippen molar-refractivity contribution < 1.29 is 0 Å². The Hall–Kier alpha value is -1.60. The van der Waals surface area contributed by atoms with Crippen molar-refractivity contribution in [2.45, 2.75) is 32.7 Å². The molecule has 0 aliphatic carbocycles. The second kappa shape index (κ2) is 6.53. The highest BCUT2D eigenvalue weighted by Gasteiger charge is 2.08. The monoisotopic (exact) mass is 253 g/mol. The van der Waals surface area contributed by atoms with Crippen molar-refractivity contribution in [2.75, 3.05) is 7.05 Å². The molecule has 0 bridgehead atoms. The fourth-order valence-corrected chi connectivity index (χ4v) is 2.52. The molecular weight excluding hydrogens is 230 g/mol. The van der Waals surface area contributed by atoms with E-state index in [2.05, 4.69) is 74.7 Å². The van der Waals surface area contributed by atoms with Gasteiger partial charge in [0.25, 0.3) is 0 Å². The number of hydrogen-bond donors (Lipinski definition) is 1.